The van der Waals surface area contributed by atoms with Crippen molar-refractivity contribution >= 4 is 23.2 Å². The van der Waals surface area contributed by atoms with Crippen LogP contribution in [0.25, 0.3) is 10.7 Å². The largest absolute Gasteiger partial charge is 0.369 e. The van der Waals surface area contributed by atoms with Gasteiger partial charge in [-0.2, -0.15) is 4.98 Å². The highest BCUT2D eigenvalue weighted by Gasteiger charge is 2.15. The first kappa shape index (κ1) is 13.7. The number of hydrogen-bond acceptors (Lipinski definition) is 5. The molecule has 7 heteroatoms. The van der Waals surface area contributed by atoms with Gasteiger partial charge in [0.05, 0.1) is 4.88 Å². The molecule has 0 aliphatic carbocycles. The number of rotatable bonds is 5. The Morgan fingerprint density at radius 1 is 1.58 bits per heavy atom. The Morgan fingerprint density at radius 2 is 2.37 bits per heavy atom. The standard InChI is InChI=1S/C12H16N4O2S/c1-4-18-8(3)11(17)14-12-13-10(15-16-12)9-6-5-7(2)19-9/h5-6,8H,4H2,1-3H3,(H2,13,14,15,16,17)/t8-/m1/s1. The van der Waals surface area contributed by atoms with E-state index in [-0.39, 0.29) is 11.9 Å². The Balaban J connectivity index is 2.03. The predicted octanol–water partition coefficient (Wildman–Crippen LogP) is 2.21. The lowest BCUT2D eigenvalue weighted by Crippen LogP contribution is -2.28. The summed E-state index contributed by atoms with van der Waals surface area (Å²) in [5, 5.41) is 9.38. The normalized spacial score (nSPS) is 12.4. The summed E-state index contributed by atoms with van der Waals surface area (Å²) in [5.74, 6) is 0.657. The first-order valence-electron chi connectivity index (χ1n) is 6.01. The van der Waals surface area contributed by atoms with Crippen molar-refractivity contribution in [3.63, 3.8) is 0 Å². The van der Waals surface area contributed by atoms with Gasteiger partial charge in [-0.25, -0.2) is 0 Å². The number of carbonyl (C=O) groups is 1. The highest BCUT2D eigenvalue weighted by atomic mass is 32.1. The minimum absolute atomic E-state index is 0.255. The SMILES string of the molecule is CCO[C@H](C)C(=O)Nc1n[nH]c(-c2ccc(C)s2)n1. The lowest BCUT2D eigenvalue weighted by Gasteiger charge is -2.09. The van der Waals surface area contributed by atoms with Crippen LogP contribution in [0.4, 0.5) is 5.95 Å². The van der Waals surface area contributed by atoms with Crippen molar-refractivity contribution in [2.24, 2.45) is 0 Å². The maximum Gasteiger partial charge on any atom is 0.255 e. The molecular formula is C12H16N4O2S. The molecule has 0 radical (unpaired) electrons. The van der Waals surface area contributed by atoms with E-state index in [4.69, 9.17) is 4.74 Å². The highest BCUT2D eigenvalue weighted by molar-refractivity contribution is 7.15. The Morgan fingerprint density at radius 3 is 3.00 bits per heavy atom. The Labute approximate surface area is 115 Å². The molecule has 0 aromatic carbocycles. The molecule has 0 spiro atoms. The van der Waals surface area contributed by atoms with Crippen molar-refractivity contribution in [2.75, 3.05) is 11.9 Å². The molecule has 1 atom stereocenters. The number of thiophene rings is 1. The van der Waals surface area contributed by atoms with E-state index in [9.17, 15) is 4.79 Å². The molecule has 102 valence electrons. The van der Waals surface area contributed by atoms with Crippen molar-refractivity contribution in [2.45, 2.75) is 26.9 Å². The fraction of sp³-hybridized carbons (Fsp3) is 0.417. The first-order valence-corrected chi connectivity index (χ1v) is 6.83. The summed E-state index contributed by atoms with van der Waals surface area (Å²) in [5.41, 5.74) is 0. The second-order valence-electron chi connectivity index (χ2n) is 4.00. The van der Waals surface area contributed by atoms with Gasteiger partial charge in [0.2, 0.25) is 5.95 Å². The zero-order valence-corrected chi connectivity index (χ0v) is 11.9. The number of aromatic nitrogens is 3. The summed E-state index contributed by atoms with van der Waals surface area (Å²) in [6, 6.07) is 3.98. The van der Waals surface area contributed by atoms with Crippen molar-refractivity contribution in [1.29, 1.82) is 0 Å². The van der Waals surface area contributed by atoms with Crippen molar-refractivity contribution < 1.29 is 9.53 Å². The molecule has 0 bridgehead atoms. The third kappa shape index (κ3) is 3.39. The number of hydrogen-bond donors (Lipinski definition) is 2. The van der Waals surface area contributed by atoms with Gasteiger partial charge in [0.1, 0.15) is 6.10 Å². The Kier molecular flexibility index (Phi) is 4.28. The lowest BCUT2D eigenvalue weighted by molar-refractivity contribution is -0.126. The van der Waals surface area contributed by atoms with E-state index in [0.717, 1.165) is 4.88 Å². The maximum atomic E-state index is 11.7. The van der Waals surface area contributed by atoms with E-state index in [0.29, 0.717) is 12.4 Å². The topological polar surface area (TPSA) is 79.9 Å². The summed E-state index contributed by atoms with van der Waals surface area (Å²) in [6.45, 7) is 6.04. The van der Waals surface area contributed by atoms with Crippen LogP contribution in [0.5, 0.6) is 0 Å². The van der Waals surface area contributed by atoms with Crippen LogP contribution in [0.1, 0.15) is 18.7 Å². The second-order valence-corrected chi connectivity index (χ2v) is 5.29. The van der Waals surface area contributed by atoms with Gasteiger partial charge >= 0.3 is 0 Å². The average molecular weight is 280 g/mol. The van der Waals surface area contributed by atoms with Crippen LogP contribution < -0.4 is 5.32 Å². The summed E-state index contributed by atoms with van der Waals surface area (Å²) in [7, 11) is 0. The van der Waals surface area contributed by atoms with Gasteiger partial charge in [-0.3, -0.25) is 15.2 Å². The van der Waals surface area contributed by atoms with Crippen molar-refractivity contribution in [1.82, 2.24) is 15.2 Å². The van der Waals surface area contributed by atoms with Gasteiger partial charge in [-0.1, -0.05) is 0 Å². The minimum Gasteiger partial charge on any atom is -0.369 e. The average Bonchev–Trinajstić information content (AvgIpc) is 2.98. The molecule has 0 saturated carbocycles. The highest BCUT2D eigenvalue weighted by Crippen LogP contribution is 2.24. The number of anilines is 1. The summed E-state index contributed by atoms with van der Waals surface area (Å²) >= 11 is 1.62. The maximum absolute atomic E-state index is 11.7. The molecular weight excluding hydrogens is 264 g/mol. The molecule has 0 fully saturated rings. The fourth-order valence-corrected chi connectivity index (χ4v) is 2.33. The summed E-state index contributed by atoms with van der Waals surface area (Å²) in [6.07, 6.45) is -0.518. The number of nitrogens with zero attached hydrogens (tertiary/aromatic N) is 2. The third-order valence-corrected chi connectivity index (χ3v) is 3.49. The third-order valence-electron chi connectivity index (χ3n) is 2.48. The molecule has 0 saturated heterocycles. The van der Waals surface area contributed by atoms with E-state index in [1.165, 1.54) is 4.88 Å². The van der Waals surface area contributed by atoms with E-state index >= 15 is 0 Å². The van der Waals surface area contributed by atoms with E-state index in [2.05, 4.69) is 20.5 Å². The van der Waals surface area contributed by atoms with E-state index in [1.54, 1.807) is 18.3 Å². The number of ether oxygens (including phenoxy) is 1. The number of H-pyrrole nitrogens is 1. The predicted molar refractivity (Wildman–Crippen MR) is 74.2 cm³/mol. The quantitative estimate of drug-likeness (QED) is 0.880. The number of aromatic amines is 1. The number of amides is 1. The summed E-state index contributed by atoms with van der Waals surface area (Å²) in [4.78, 5) is 18.1. The second kappa shape index (κ2) is 5.94. The molecule has 2 N–H and O–H groups in total. The summed E-state index contributed by atoms with van der Waals surface area (Å²) < 4.78 is 5.19. The number of aryl methyl sites for hydroxylation is 1. The molecule has 0 aliphatic rings. The van der Waals surface area contributed by atoms with Crippen LogP contribution in [0.15, 0.2) is 12.1 Å². The van der Waals surface area contributed by atoms with Crippen LogP contribution in [0, 0.1) is 6.92 Å². The number of nitrogens with one attached hydrogen (secondary N) is 2. The Bertz CT molecular complexity index is 564. The molecule has 2 rings (SSSR count). The zero-order chi connectivity index (χ0) is 13.8. The van der Waals surface area contributed by atoms with Gasteiger partial charge in [0.15, 0.2) is 5.82 Å². The molecule has 0 aliphatic heterocycles. The first-order chi connectivity index (χ1) is 9.10. The van der Waals surface area contributed by atoms with Crippen LogP contribution in [0.3, 0.4) is 0 Å². The van der Waals surface area contributed by atoms with E-state index in [1.807, 2.05) is 26.0 Å². The fourth-order valence-electron chi connectivity index (χ4n) is 1.53. The van der Waals surface area contributed by atoms with Gasteiger partial charge in [0, 0.05) is 11.5 Å². The molecule has 2 aromatic heterocycles. The molecule has 1 amide bonds. The van der Waals surface area contributed by atoms with E-state index < -0.39 is 6.10 Å². The van der Waals surface area contributed by atoms with Crippen molar-refractivity contribution in [3.8, 4) is 10.7 Å². The van der Waals surface area contributed by atoms with Crippen LogP contribution in [0.2, 0.25) is 0 Å². The zero-order valence-electron chi connectivity index (χ0n) is 11.1. The molecule has 19 heavy (non-hydrogen) atoms. The molecule has 2 aromatic rings. The Hall–Kier alpha value is -1.73. The number of carbonyl (C=O) groups excluding carboxylic acids is 1. The monoisotopic (exact) mass is 280 g/mol. The van der Waals surface area contributed by atoms with Crippen LogP contribution >= 0.6 is 11.3 Å². The van der Waals surface area contributed by atoms with Gasteiger partial charge in [0.25, 0.3) is 5.91 Å². The lowest BCUT2D eigenvalue weighted by atomic mass is 10.4. The molecule has 2 heterocycles. The van der Waals surface area contributed by atoms with Crippen LogP contribution in [-0.2, 0) is 9.53 Å². The van der Waals surface area contributed by atoms with Crippen LogP contribution in [-0.4, -0.2) is 33.8 Å². The van der Waals surface area contributed by atoms with Gasteiger partial charge < -0.3 is 4.74 Å². The molecule has 0 unspecified atom stereocenters. The van der Waals surface area contributed by atoms with Gasteiger partial charge in [-0.05, 0) is 32.9 Å². The smallest absolute Gasteiger partial charge is 0.255 e. The van der Waals surface area contributed by atoms with Gasteiger partial charge in [-0.15, -0.1) is 16.4 Å². The minimum atomic E-state index is -0.518. The van der Waals surface area contributed by atoms with Crippen molar-refractivity contribution in [3.05, 3.63) is 17.0 Å². The molecule has 6 nitrogen and oxygen atoms in total.